The molecule has 1 fully saturated rings. The predicted octanol–water partition coefficient (Wildman–Crippen LogP) is 3.78. The molecule has 0 radical (unpaired) electrons. The smallest absolute Gasteiger partial charge is 0.200 e. The molecule has 0 bridgehead atoms. The van der Waals surface area contributed by atoms with Crippen molar-refractivity contribution in [2.24, 2.45) is 0 Å². The largest absolute Gasteiger partial charge is 0.507 e. The summed E-state index contributed by atoms with van der Waals surface area (Å²) >= 11 is 0. The third-order valence-electron chi connectivity index (χ3n) is 5.29. The lowest BCUT2D eigenvalue weighted by Gasteiger charge is -2.35. The normalized spacial score (nSPS) is 20.1. The summed E-state index contributed by atoms with van der Waals surface area (Å²) in [6.07, 6.45) is 1.68. The van der Waals surface area contributed by atoms with Gasteiger partial charge in [-0.2, -0.15) is 0 Å². The first kappa shape index (κ1) is 19.5. The van der Waals surface area contributed by atoms with Gasteiger partial charge in [-0.3, -0.25) is 9.69 Å². The van der Waals surface area contributed by atoms with E-state index in [1.165, 1.54) is 6.26 Å². The molecule has 2 unspecified atom stereocenters. The van der Waals surface area contributed by atoms with Gasteiger partial charge in [-0.25, -0.2) is 0 Å². The van der Waals surface area contributed by atoms with Crippen molar-refractivity contribution in [1.82, 2.24) is 4.90 Å². The first-order chi connectivity index (χ1) is 14.0. The van der Waals surface area contributed by atoms with E-state index in [9.17, 15) is 9.90 Å². The second-order valence-corrected chi connectivity index (χ2v) is 7.57. The molecule has 2 aromatic carbocycles. The average molecular weight is 395 g/mol. The minimum absolute atomic E-state index is 0.111. The van der Waals surface area contributed by atoms with Gasteiger partial charge >= 0.3 is 0 Å². The molecule has 1 aliphatic rings. The molecule has 1 saturated heterocycles. The van der Waals surface area contributed by atoms with Crippen LogP contribution in [-0.4, -0.2) is 42.4 Å². The quantitative estimate of drug-likeness (QED) is 0.725. The van der Waals surface area contributed by atoms with Crippen LogP contribution in [0.2, 0.25) is 0 Å². The fraction of sp³-hybridized carbons (Fsp3) is 0.348. The van der Waals surface area contributed by atoms with Gasteiger partial charge in [0, 0.05) is 25.2 Å². The zero-order valence-electron chi connectivity index (χ0n) is 16.8. The van der Waals surface area contributed by atoms with Gasteiger partial charge in [-0.05, 0) is 32.0 Å². The molecule has 4 rings (SSSR count). The van der Waals surface area contributed by atoms with Crippen molar-refractivity contribution >= 4 is 11.0 Å². The maximum atomic E-state index is 13.2. The van der Waals surface area contributed by atoms with Gasteiger partial charge in [0.25, 0.3) is 0 Å². The Morgan fingerprint density at radius 3 is 2.55 bits per heavy atom. The molecule has 1 N–H and O–H groups in total. The first-order valence-corrected chi connectivity index (χ1v) is 9.75. The number of methoxy groups -OCH3 is 1. The number of para-hydroxylation sites is 1. The summed E-state index contributed by atoms with van der Waals surface area (Å²) in [6, 6.07) is 10.5. The molecule has 1 aliphatic heterocycles. The lowest BCUT2D eigenvalue weighted by Crippen LogP contribution is -2.44. The Labute approximate surface area is 169 Å². The topological polar surface area (TPSA) is 72.1 Å². The molecule has 29 heavy (non-hydrogen) atoms. The number of benzene rings is 2. The lowest BCUT2D eigenvalue weighted by atomic mass is 10.0. The van der Waals surface area contributed by atoms with Crippen molar-refractivity contribution in [3.63, 3.8) is 0 Å². The minimum Gasteiger partial charge on any atom is -0.507 e. The van der Waals surface area contributed by atoms with Crippen LogP contribution in [0.25, 0.3) is 22.1 Å². The van der Waals surface area contributed by atoms with Crippen molar-refractivity contribution in [2.75, 3.05) is 20.2 Å². The zero-order valence-corrected chi connectivity index (χ0v) is 16.8. The van der Waals surface area contributed by atoms with Gasteiger partial charge in [0.2, 0.25) is 5.43 Å². The molecule has 0 amide bonds. The summed E-state index contributed by atoms with van der Waals surface area (Å²) in [5.74, 6) is 0.729. The monoisotopic (exact) mass is 395 g/mol. The van der Waals surface area contributed by atoms with Crippen LogP contribution < -0.4 is 10.2 Å². The maximum absolute atomic E-state index is 13.2. The van der Waals surface area contributed by atoms with Crippen LogP contribution in [0.15, 0.2) is 51.9 Å². The van der Waals surface area contributed by atoms with Gasteiger partial charge in [0.05, 0.1) is 35.8 Å². The van der Waals surface area contributed by atoms with Crippen molar-refractivity contribution < 1.29 is 19.0 Å². The maximum Gasteiger partial charge on any atom is 0.200 e. The summed E-state index contributed by atoms with van der Waals surface area (Å²) < 4.78 is 17.1. The highest BCUT2D eigenvalue weighted by Gasteiger charge is 2.25. The first-order valence-electron chi connectivity index (χ1n) is 9.75. The van der Waals surface area contributed by atoms with Gasteiger partial charge in [-0.15, -0.1) is 0 Å². The molecule has 3 aromatic rings. The Morgan fingerprint density at radius 2 is 1.83 bits per heavy atom. The number of ether oxygens (including phenoxy) is 2. The van der Waals surface area contributed by atoms with Gasteiger partial charge < -0.3 is 19.0 Å². The number of morpholine rings is 1. The van der Waals surface area contributed by atoms with E-state index in [1.54, 1.807) is 19.2 Å². The Bertz CT molecular complexity index is 1080. The predicted molar refractivity (Wildman–Crippen MR) is 111 cm³/mol. The fourth-order valence-electron chi connectivity index (χ4n) is 4.09. The van der Waals surface area contributed by atoms with Crippen molar-refractivity contribution in [3.05, 3.63) is 58.4 Å². The van der Waals surface area contributed by atoms with E-state index in [0.717, 1.165) is 13.1 Å². The van der Waals surface area contributed by atoms with E-state index in [-0.39, 0.29) is 23.4 Å². The van der Waals surface area contributed by atoms with Crippen molar-refractivity contribution in [2.45, 2.75) is 32.6 Å². The second-order valence-electron chi connectivity index (χ2n) is 7.57. The fourth-order valence-corrected chi connectivity index (χ4v) is 4.09. The second kappa shape index (κ2) is 7.89. The van der Waals surface area contributed by atoms with E-state index >= 15 is 0 Å². The van der Waals surface area contributed by atoms with Crippen LogP contribution in [0.3, 0.4) is 0 Å². The number of hydrogen-bond donors (Lipinski definition) is 1. The SMILES string of the molecule is COc1ccccc1-c1coc2c(CN3CC(C)OC(C)C3)c(O)ccc2c1=O. The Hall–Kier alpha value is -2.83. The standard InChI is InChI=1S/C23H25NO5/c1-14-10-24(11-15(2)29-14)12-18-20(25)9-8-17-22(26)19(13-28-23(17)18)16-6-4-5-7-21(16)27-3/h4-9,13-15,25H,10-12H2,1-3H3. The van der Waals surface area contributed by atoms with E-state index < -0.39 is 0 Å². The molecule has 2 atom stereocenters. The Kier molecular flexibility index (Phi) is 5.30. The summed E-state index contributed by atoms with van der Waals surface area (Å²) in [6.45, 7) is 6.06. The number of rotatable bonds is 4. The molecular weight excluding hydrogens is 370 g/mol. The molecule has 152 valence electrons. The summed E-state index contributed by atoms with van der Waals surface area (Å²) in [7, 11) is 1.57. The Morgan fingerprint density at radius 1 is 1.10 bits per heavy atom. The van der Waals surface area contributed by atoms with Crippen LogP contribution in [0.5, 0.6) is 11.5 Å². The Balaban J connectivity index is 1.79. The summed E-state index contributed by atoms with van der Waals surface area (Å²) in [5, 5.41) is 10.9. The lowest BCUT2D eigenvalue weighted by molar-refractivity contribution is -0.0705. The number of hydrogen-bond acceptors (Lipinski definition) is 6. The van der Waals surface area contributed by atoms with E-state index in [4.69, 9.17) is 13.9 Å². The number of phenols is 1. The minimum atomic E-state index is -0.152. The van der Waals surface area contributed by atoms with Crippen LogP contribution in [0, 0.1) is 0 Å². The van der Waals surface area contributed by atoms with Gasteiger partial charge in [0.1, 0.15) is 23.3 Å². The molecule has 0 aliphatic carbocycles. The van der Waals surface area contributed by atoms with Crippen LogP contribution in [-0.2, 0) is 11.3 Å². The van der Waals surface area contributed by atoms with Gasteiger partial charge in [-0.1, -0.05) is 18.2 Å². The average Bonchev–Trinajstić information content (AvgIpc) is 2.70. The highest BCUT2D eigenvalue weighted by molar-refractivity contribution is 5.86. The van der Waals surface area contributed by atoms with Crippen LogP contribution >= 0.6 is 0 Å². The summed E-state index contributed by atoms with van der Waals surface area (Å²) in [4.78, 5) is 15.4. The van der Waals surface area contributed by atoms with Crippen LogP contribution in [0.4, 0.5) is 0 Å². The molecule has 6 nitrogen and oxygen atoms in total. The zero-order chi connectivity index (χ0) is 20.5. The highest BCUT2D eigenvalue weighted by Crippen LogP contribution is 2.32. The number of phenolic OH excluding ortho intramolecular Hbond substituents is 1. The molecule has 0 spiro atoms. The van der Waals surface area contributed by atoms with Gasteiger partial charge in [0.15, 0.2) is 0 Å². The third-order valence-corrected chi connectivity index (χ3v) is 5.29. The number of aromatic hydroxyl groups is 1. The van der Waals surface area contributed by atoms with Crippen molar-refractivity contribution in [3.8, 4) is 22.6 Å². The molecule has 0 saturated carbocycles. The third kappa shape index (κ3) is 3.73. The molecule has 6 heteroatoms. The van der Waals surface area contributed by atoms with Crippen LogP contribution in [0.1, 0.15) is 19.4 Å². The molecule has 2 heterocycles. The molecular formula is C23H25NO5. The van der Waals surface area contributed by atoms with E-state index in [0.29, 0.717) is 40.0 Å². The number of nitrogens with zero attached hydrogens (tertiary/aromatic N) is 1. The molecule has 1 aromatic heterocycles. The highest BCUT2D eigenvalue weighted by atomic mass is 16.5. The van der Waals surface area contributed by atoms with Crippen molar-refractivity contribution in [1.29, 1.82) is 0 Å². The summed E-state index contributed by atoms with van der Waals surface area (Å²) in [5.41, 5.74) is 1.99. The van der Waals surface area contributed by atoms with E-state index in [1.807, 2.05) is 38.1 Å². The van der Waals surface area contributed by atoms with E-state index in [2.05, 4.69) is 4.90 Å². The number of fused-ring (bicyclic) bond motifs is 1.